The molecule has 0 heterocycles. The van der Waals surface area contributed by atoms with E-state index in [1.807, 2.05) is 54.6 Å². The molecule has 2 nitrogen and oxygen atoms in total. The van der Waals surface area contributed by atoms with E-state index in [0.717, 1.165) is 23.3 Å². The lowest BCUT2D eigenvalue weighted by atomic mass is 9.93. The van der Waals surface area contributed by atoms with Gasteiger partial charge in [-0.15, -0.1) is 0 Å². The van der Waals surface area contributed by atoms with Gasteiger partial charge in [0.25, 0.3) is 0 Å². The Morgan fingerprint density at radius 2 is 1.86 bits per heavy atom. The highest BCUT2D eigenvalue weighted by Crippen LogP contribution is 2.29. The molecule has 0 bridgehead atoms. The Hall–Kier alpha value is -2.24. The van der Waals surface area contributed by atoms with E-state index in [1.54, 1.807) is 7.11 Å². The first kappa shape index (κ1) is 16.1. The molecule has 0 amide bonds. The van der Waals surface area contributed by atoms with Crippen molar-refractivity contribution in [2.45, 2.75) is 18.9 Å². The van der Waals surface area contributed by atoms with Gasteiger partial charge >= 0.3 is 0 Å². The lowest BCUT2D eigenvalue weighted by Crippen LogP contribution is -2.23. The van der Waals surface area contributed by atoms with Crippen molar-refractivity contribution in [3.8, 4) is 17.6 Å². The van der Waals surface area contributed by atoms with Gasteiger partial charge < -0.3 is 9.47 Å². The zero-order chi connectivity index (χ0) is 15.8. The average Bonchev–Trinajstić information content (AvgIpc) is 2.59. The van der Waals surface area contributed by atoms with Crippen molar-refractivity contribution in [1.82, 2.24) is 0 Å². The summed E-state index contributed by atoms with van der Waals surface area (Å²) >= 11 is 0. The summed E-state index contributed by atoms with van der Waals surface area (Å²) < 4.78 is 11.2. The van der Waals surface area contributed by atoms with Crippen LogP contribution in [0.4, 0.5) is 0 Å². The van der Waals surface area contributed by atoms with E-state index in [9.17, 15) is 0 Å². The van der Waals surface area contributed by atoms with Gasteiger partial charge in [-0.3, -0.25) is 0 Å². The lowest BCUT2D eigenvalue weighted by molar-refractivity contribution is 0.0228. The number of benzene rings is 2. The molecule has 0 saturated carbocycles. The van der Waals surface area contributed by atoms with Gasteiger partial charge in [-0.1, -0.05) is 49.1 Å². The Morgan fingerprint density at radius 3 is 2.55 bits per heavy atom. The predicted molar refractivity (Wildman–Crippen MR) is 89.6 cm³/mol. The molecule has 1 radical (unpaired) electrons. The molecule has 22 heavy (non-hydrogen) atoms. The molecule has 0 N–H and O–H groups in total. The minimum atomic E-state index is -0.533. The largest absolute Gasteiger partial charge is 0.481 e. The van der Waals surface area contributed by atoms with Gasteiger partial charge in [0, 0.05) is 12.7 Å². The number of rotatable bonds is 5. The van der Waals surface area contributed by atoms with Crippen LogP contribution < -0.4 is 4.74 Å². The first-order chi connectivity index (χ1) is 10.7. The van der Waals surface area contributed by atoms with Crippen LogP contribution in [0.1, 0.15) is 24.5 Å². The van der Waals surface area contributed by atoms with Crippen LogP contribution in [-0.2, 0) is 10.3 Å². The van der Waals surface area contributed by atoms with Crippen molar-refractivity contribution in [2.24, 2.45) is 0 Å². The van der Waals surface area contributed by atoms with Crippen LogP contribution in [0.15, 0.2) is 54.6 Å². The molecule has 2 heteroatoms. The molecule has 0 spiro atoms. The molecule has 0 fully saturated rings. The summed E-state index contributed by atoms with van der Waals surface area (Å²) in [7, 11) is 1.68. The molecule has 1 unspecified atom stereocenters. The molecule has 2 rings (SSSR count). The molecule has 0 aliphatic rings. The van der Waals surface area contributed by atoms with Crippen LogP contribution in [0.3, 0.4) is 0 Å². The molecule has 1 atom stereocenters. The monoisotopic (exact) mass is 293 g/mol. The van der Waals surface area contributed by atoms with E-state index < -0.39 is 5.60 Å². The summed E-state index contributed by atoms with van der Waals surface area (Å²) in [4.78, 5) is 0. The first-order valence-electron chi connectivity index (χ1n) is 7.35. The highest BCUT2D eigenvalue weighted by Gasteiger charge is 2.24. The Bertz CT molecular complexity index is 646. The second kappa shape index (κ2) is 7.68. The van der Waals surface area contributed by atoms with Gasteiger partial charge in [-0.2, -0.15) is 0 Å². The molecular weight excluding hydrogens is 272 g/mol. The predicted octanol–water partition coefficient (Wildman–Crippen LogP) is 4.20. The summed E-state index contributed by atoms with van der Waals surface area (Å²) in [6.45, 7) is 6.55. The fraction of sp³-hybridized carbons (Fsp3) is 0.250. The Labute approximate surface area is 133 Å². The smallest absolute Gasteiger partial charge is 0.149 e. The summed E-state index contributed by atoms with van der Waals surface area (Å²) in [5.41, 5.74) is 1.46. The fourth-order valence-corrected chi connectivity index (χ4v) is 2.11. The van der Waals surface area contributed by atoms with Crippen LogP contribution in [0, 0.1) is 18.8 Å². The average molecular weight is 293 g/mol. The molecular formula is C20H21O2. The summed E-state index contributed by atoms with van der Waals surface area (Å²) in [6, 6.07) is 17.7. The molecule has 2 aromatic carbocycles. The van der Waals surface area contributed by atoms with Crippen LogP contribution in [0.2, 0.25) is 0 Å². The summed E-state index contributed by atoms with van der Waals surface area (Å²) in [5, 5.41) is 0. The minimum absolute atomic E-state index is 0.349. The second-order valence-corrected chi connectivity index (χ2v) is 5.04. The standard InChI is InChI=1S/C20H21O2/c1-4-20(2,21-3)18-13-8-14-19(16-18)22-15-9-12-17-10-6-5-7-11-17/h5-8,10-11,13-14,16H,2,4,15H2,1,3H3. The maximum Gasteiger partial charge on any atom is 0.149 e. The van der Waals surface area contributed by atoms with Gasteiger partial charge in [-0.05, 0) is 43.2 Å². The fourth-order valence-electron chi connectivity index (χ4n) is 2.11. The van der Waals surface area contributed by atoms with Crippen molar-refractivity contribution in [3.05, 3.63) is 72.6 Å². The lowest BCUT2D eigenvalue weighted by Gasteiger charge is -2.27. The van der Waals surface area contributed by atoms with Crippen molar-refractivity contribution in [2.75, 3.05) is 13.7 Å². The number of ether oxygens (including phenoxy) is 2. The van der Waals surface area contributed by atoms with Gasteiger partial charge in [0.05, 0.1) is 5.60 Å². The van der Waals surface area contributed by atoms with E-state index in [0.29, 0.717) is 6.61 Å². The van der Waals surface area contributed by atoms with Crippen LogP contribution in [-0.4, -0.2) is 13.7 Å². The van der Waals surface area contributed by atoms with Gasteiger partial charge in [0.2, 0.25) is 0 Å². The number of hydrogen-bond acceptors (Lipinski definition) is 2. The summed E-state index contributed by atoms with van der Waals surface area (Å²) in [6.07, 6.45) is 0.792. The molecule has 0 aliphatic carbocycles. The van der Waals surface area contributed by atoms with E-state index in [1.165, 1.54) is 0 Å². The van der Waals surface area contributed by atoms with E-state index in [-0.39, 0.29) is 0 Å². The zero-order valence-corrected chi connectivity index (χ0v) is 13.1. The van der Waals surface area contributed by atoms with E-state index in [4.69, 9.17) is 9.47 Å². The molecule has 2 aromatic rings. The Balaban J connectivity index is 2.01. The summed E-state index contributed by atoms with van der Waals surface area (Å²) in [5.74, 6) is 6.86. The van der Waals surface area contributed by atoms with Crippen LogP contribution in [0.25, 0.3) is 0 Å². The first-order valence-corrected chi connectivity index (χ1v) is 7.35. The Kier molecular flexibility index (Phi) is 5.63. The van der Waals surface area contributed by atoms with Crippen molar-refractivity contribution in [1.29, 1.82) is 0 Å². The maximum absolute atomic E-state index is 5.70. The third-order valence-electron chi connectivity index (χ3n) is 3.64. The van der Waals surface area contributed by atoms with Crippen molar-refractivity contribution in [3.63, 3.8) is 0 Å². The van der Waals surface area contributed by atoms with Crippen molar-refractivity contribution >= 4 is 0 Å². The molecule has 0 saturated heterocycles. The van der Waals surface area contributed by atoms with Crippen molar-refractivity contribution < 1.29 is 9.47 Å². The zero-order valence-electron chi connectivity index (χ0n) is 13.1. The Morgan fingerprint density at radius 1 is 1.09 bits per heavy atom. The van der Waals surface area contributed by atoms with E-state index in [2.05, 4.69) is 25.7 Å². The van der Waals surface area contributed by atoms with Gasteiger partial charge in [0.1, 0.15) is 12.4 Å². The molecule has 113 valence electrons. The number of hydrogen-bond donors (Lipinski definition) is 0. The van der Waals surface area contributed by atoms with Gasteiger partial charge in [0.15, 0.2) is 0 Å². The van der Waals surface area contributed by atoms with Gasteiger partial charge in [-0.25, -0.2) is 0 Å². The second-order valence-electron chi connectivity index (χ2n) is 5.04. The van der Waals surface area contributed by atoms with Crippen LogP contribution in [0.5, 0.6) is 5.75 Å². The van der Waals surface area contributed by atoms with Crippen LogP contribution >= 0.6 is 0 Å². The number of methoxy groups -OCH3 is 1. The third-order valence-corrected chi connectivity index (χ3v) is 3.64. The quantitative estimate of drug-likeness (QED) is 0.769. The van der Waals surface area contributed by atoms with E-state index >= 15 is 0 Å². The SMILES string of the molecule is [CH2]C(CC)(OC)c1cccc(OCC#Cc2ccccc2)c1. The molecule has 0 aromatic heterocycles. The topological polar surface area (TPSA) is 18.5 Å². The highest BCUT2D eigenvalue weighted by molar-refractivity contribution is 5.35. The maximum atomic E-state index is 5.70. The molecule has 0 aliphatic heterocycles. The highest BCUT2D eigenvalue weighted by atomic mass is 16.5. The normalized spacial score (nSPS) is 12.9. The minimum Gasteiger partial charge on any atom is -0.481 e. The third kappa shape index (κ3) is 4.13.